The zero-order chi connectivity index (χ0) is 7.61. The Hall–Kier alpha value is -1.23. The molecule has 0 atom stereocenters. The van der Waals surface area contributed by atoms with E-state index in [0.29, 0.717) is 0 Å². The summed E-state index contributed by atoms with van der Waals surface area (Å²) < 4.78 is 13.5. The molecule has 5 nitrogen and oxygen atoms in total. The molecule has 0 aliphatic carbocycles. The van der Waals surface area contributed by atoms with Gasteiger partial charge in [0.1, 0.15) is 12.5 Å². The number of ether oxygens (including phenoxy) is 3. The quantitative estimate of drug-likeness (QED) is 0.588. The predicted molar refractivity (Wildman–Crippen MR) is 28.7 cm³/mol. The fourth-order valence-electron chi connectivity index (χ4n) is 0.547. The Balaban J connectivity index is 2.70. The lowest BCUT2D eigenvalue weighted by Gasteiger charge is -2.18. The first-order chi connectivity index (χ1) is 4.71. The number of carboxylic acids is 1. The van der Waals surface area contributed by atoms with Crippen molar-refractivity contribution in [2.75, 3.05) is 7.11 Å². The van der Waals surface area contributed by atoms with Crippen molar-refractivity contribution in [1.29, 1.82) is 0 Å². The molecule has 1 heterocycles. The van der Waals surface area contributed by atoms with E-state index < -0.39 is 11.9 Å². The number of hydrogen-bond donors (Lipinski definition) is 1. The van der Waals surface area contributed by atoms with Gasteiger partial charge in [-0.1, -0.05) is 0 Å². The molecule has 0 aromatic carbocycles. The predicted octanol–water partition coefficient (Wildman–Crippen LogP) is -0.111. The third kappa shape index (κ3) is 0.801. The molecule has 0 aromatic heterocycles. The summed E-state index contributed by atoms with van der Waals surface area (Å²) >= 11 is 0. The molecule has 0 fully saturated rings. The van der Waals surface area contributed by atoms with Crippen LogP contribution < -0.4 is 0 Å². The first kappa shape index (κ1) is 6.88. The van der Waals surface area contributed by atoms with Crippen molar-refractivity contribution >= 4 is 5.97 Å². The summed E-state index contributed by atoms with van der Waals surface area (Å²) in [5.74, 6) is -3.28. The van der Waals surface area contributed by atoms with Gasteiger partial charge in [-0.25, -0.2) is 4.79 Å². The van der Waals surface area contributed by atoms with Crippen LogP contribution in [0.3, 0.4) is 0 Å². The molecule has 5 heteroatoms. The second kappa shape index (κ2) is 2.18. The Kier molecular flexibility index (Phi) is 1.50. The molecule has 0 unspecified atom stereocenters. The van der Waals surface area contributed by atoms with Crippen molar-refractivity contribution < 1.29 is 24.1 Å². The molecule has 1 aliphatic heterocycles. The van der Waals surface area contributed by atoms with E-state index in [0.717, 1.165) is 12.5 Å². The van der Waals surface area contributed by atoms with Gasteiger partial charge in [0.2, 0.25) is 0 Å². The van der Waals surface area contributed by atoms with Crippen molar-refractivity contribution in [3.05, 3.63) is 12.5 Å². The highest BCUT2D eigenvalue weighted by Crippen LogP contribution is 2.20. The lowest BCUT2D eigenvalue weighted by atomic mass is 10.6. The highest BCUT2D eigenvalue weighted by Gasteiger charge is 2.46. The third-order valence-corrected chi connectivity index (χ3v) is 1.03. The van der Waals surface area contributed by atoms with E-state index in [9.17, 15) is 4.79 Å². The third-order valence-electron chi connectivity index (χ3n) is 1.03. The molecule has 1 rings (SSSR count). The van der Waals surface area contributed by atoms with Crippen LogP contribution in [0.4, 0.5) is 0 Å². The summed E-state index contributed by atoms with van der Waals surface area (Å²) in [6.45, 7) is 0. The smallest absolute Gasteiger partial charge is 0.473 e. The molecule has 56 valence electrons. The van der Waals surface area contributed by atoms with Crippen molar-refractivity contribution in [2.45, 2.75) is 5.97 Å². The minimum Gasteiger partial charge on any atom is -0.473 e. The van der Waals surface area contributed by atoms with E-state index >= 15 is 0 Å². The second-order valence-corrected chi connectivity index (χ2v) is 1.57. The van der Waals surface area contributed by atoms with Crippen LogP contribution in [0.25, 0.3) is 0 Å². The Labute approximate surface area is 56.8 Å². The van der Waals surface area contributed by atoms with Gasteiger partial charge in [0.05, 0.1) is 0 Å². The van der Waals surface area contributed by atoms with Crippen LogP contribution in [0.15, 0.2) is 12.5 Å². The average molecular weight is 146 g/mol. The van der Waals surface area contributed by atoms with Crippen LogP contribution in [-0.4, -0.2) is 24.2 Å². The van der Waals surface area contributed by atoms with Crippen molar-refractivity contribution in [3.63, 3.8) is 0 Å². The standard InChI is InChI=1S/C5H6O5/c1-8-5(4(6)7)9-2-3-10-5/h2-3H,1H3,(H,6,7). The Bertz CT molecular complexity index is 165. The topological polar surface area (TPSA) is 65.0 Å². The maximum absolute atomic E-state index is 10.3. The number of aliphatic carboxylic acids is 1. The monoisotopic (exact) mass is 146 g/mol. The number of hydrogen-bond acceptors (Lipinski definition) is 4. The highest BCUT2D eigenvalue weighted by molar-refractivity contribution is 5.74. The Morgan fingerprint density at radius 2 is 2.10 bits per heavy atom. The molecule has 0 saturated heterocycles. The lowest BCUT2D eigenvalue weighted by Crippen LogP contribution is -2.41. The summed E-state index contributed by atoms with van der Waals surface area (Å²) in [5, 5.41) is 8.45. The fourth-order valence-corrected chi connectivity index (χ4v) is 0.547. The second-order valence-electron chi connectivity index (χ2n) is 1.57. The van der Waals surface area contributed by atoms with E-state index in [-0.39, 0.29) is 0 Å². The summed E-state index contributed by atoms with van der Waals surface area (Å²) in [6, 6.07) is 0. The molecule has 0 radical (unpaired) electrons. The maximum Gasteiger partial charge on any atom is 0.476 e. The summed E-state index contributed by atoms with van der Waals surface area (Å²) in [5.41, 5.74) is 0. The molecule has 10 heavy (non-hydrogen) atoms. The van der Waals surface area contributed by atoms with Crippen LogP contribution in [-0.2, 0) is 19.0 Å². The summed E-state index contributed by atoms with van der Waals surface area (Å²) in [6.07, 6.45) is 2.22. The van der Waals surface area contributed by atoms with E-state index in [1.54, 1.807) is 0 Å². The summed E-state index contributed by atoms with van der Waals surface area (Å²) in [4.78, 5) is 10.3. The van der Waals surface area contributed by atoms with Gasteiger partial charge in [0.15, 0.2) is 0 Å². The van der Waals surface area contributed by atoms with Gasteiger partial charge in [-0.15, -0.1) is 0 Å². The number of methoxy groups -OCH3 is 1. The van der Waals surface area contributed by atoms with Gasteiger partial charge < -0.3 is 19.3 Å². The molecular weight excluding hydrogens is 140 g/mol. The molecular formula is C5H6O5. The molecule has 0 bridgehead atoms. The van der Waals surface area contributed by atoms with E-state index in [1.165, 1.54) is 7.11 Å². The molecule has 1 aliphatic rings. The number of carbonyl (C=O) groups is 1. The average Bonchev–Trinajstić information content (AvgIpc) is 2.35. The van der Waals surface area contributed by atoms with Crippen molar-refractivity contribution in [1.82, 2.24) is 0 Å². The van der Waals surface area contributed by atoms with Crippen LogP contribution in [0, 0.1) is 0 Å². The minimum atomic E-state index is -1.96. The number of rotatable bonds is 2. The molecule has 0 saturated carbocycles. The molecule has 0 spiro atoms. The van der Waals surface area contributed by atoms with Gasteiger partial charge in [0.25, 0.3) is 0 Å². The van der Waals surface area contributed by atoms with Crippen LogP contribution >= 0.6 is 0 Å². The summed E-state index contributed by atoms with van der Waals surface area (Å²) in [7, 11) is 1.18. The first-order valence-corrected chi connectivity index (χ1v) is 2.50. The van der Waals surface area contributed by atoms with Crippen LogP contribution in [0.5, 0.6) is 0 Å². The van der Waals surface area contributed by atoms with Gasteiger partial charge >= 0.3 is 11.9 Å². The van der Waals surface area contributed by atoms with Gasteiger partial charge in [-0.05, 0) is 0 Å². The molecule has 0 aromatic rings. The maximum atomic E-state index is 10.3. The first-order valence-electron chi connectivity index (χ1n) is 2.50. The van der Waals surface area contributed by atoms with Gasteiger partial charge in [-0.2, -0.15) is 0 Å². The van der Waals surface area contributed by atoms with Gasteiger partial charge in [0, 0.05) is 7.11 Å². The van der Waals surface area contributed by atoms with E-state index in [1.807, 2.05) is 0 Å². The zero-order valence-corrected chi connectivity index (χ0v) is 5.23. The molecule has 0 amide bonds. The fraction of sp³-hybridized carbons (Fsp3) is 0.400. The molecule has 1 N–H and O–H groups in total. The highest BCUT2D eigenvalue weighted by atomic mass is 16.9. The normalized spacial score (nSPS) is 19.7. The largest absolute Gasteiger partial charge is 0.476 e. The zero-order valence-electron chi connectivity index (χ0n) is 5.23. The van der Waals surface area contributed by atoms with Crippen LogP contribution in [0.1, 0.15) is 0 Å². The van der Waals surface area contributed by atoms with Crippen molar-refractivity contribution in [3.8, 4) is 0 Å². The Morgan fingerprint density at radius 1 is 1.60 bits per heavy atom. The van der Waals surface area contributed by atoms with Crippen molar-refractivity contribution in [2.24, 2.45) is 0 Å². The SMILES string of the molecule is COC1(C(=O)O)OC=CO1. The van der Waals surface area contributed by atoms with Gasteiger partial charge in [-0.3, -0.25) is 0 Å². The lowest BCUT2D eigenvalue weighted by molar-refractivity contribution is -0.298. The minimum absolute atomic E-state index is 1.11. The van der Waals surface area contributed by atoms with E-state index in [4.69, 9.17) is 5.11 Å². The van der Waals surface area contributed by atoms with E-state index in [2.05, 4.69) is 14.2 Å². The number of carboxylic acid groups (broad SMARTS) is 1. The Morgan fingerprint density at radius 3 is 2.30 bits per heavy atom. The van der Waals surface area contributed by atoms with Crippen LogP contribution in [0.2, 0.25) is 0 Å².